The highest BCUT2D eigenvalue weighted by Gasteiger charge is 2.20. The first-order valence-electron chi connectivity index (χ1n) is 8.20. The van der Waals surface area contributed by atoms with Crippen molar-refractivity contribution in [2.45, 2.75) is 26.7 Å². The summed E-state index contributed by atoms with van der Waals surface area (Å²) in [6.45, 7) is 3.37. The van der Waals surface area contributed by atoms with Gasteiger partial charge in [0.2, 0.25) is 0 Å². The molecule has 144 valence electrons. The highest BCUT2D eigenvalue weighted by Crippen LogP contribution is 2.29. The number of thiol groups is 1. The molecular weight excluding hydrogens is 368 g/mol. The number of nitrogens with zero attached hydrogens (tertiary/aromatic N) is 1. The molecule has 1 amide bonds. The van der Waals surface area contributed by atoms with Gasteiger partial charge in [0.1, 0.15) is 11.6 Å². The monoisotopic (exact) mass is 391 g/mol. The molecule has 0 atom stereocenters. The summed E-state index contributed by atoms with van der Waals surface area (Å²) in [5, 5.41) is 9.80. The number of hydrogen-bond acceptors (Lipinski definition) is 5. The molecule has 0 aliphatic heterocycles. The molecule has 0 bridgehead atoms. The molecule has 3 rings (SSSR count). The van der Waals surface area contributed by atoms with Crippen LogP contribution in [0.5, 0.6) is 5.75 Å². The van der Waals surface area contributed by atoms with Crippen molar-refractivity contribution in [1.82, 2.24) is 4.57 Å². The first kappa shape index (κ1) is 22.6. The van der Waals surface area contributed by atoms with Crippen LogP contribution in [0, 0.1) is 19.8 Å². The molecule has 0 unspecified atom stereocenters. The predicted octanol–water partition coefficient (Wildman–Crippen LogP) is 2.21. The van der Waals surface area contributed by atoms with Gasteiger partial charge in [-0.3, -0.25) is 18.5 Å². The summed E-state index contributed by atoms with van der Waals surface area (Å²) in [7, 11) is 4.19. The third kappa shape index (κ3) is 5.53. The number of carbonyl (C=O) groups excluding carboxylic acids is 1. The molecule has 6 nitrogen and oxygen atoms in total. The molecule has 1 aliphatic rings. The van der Waals surface area contributed by atoms with Crippen LogP contribution in [-0.2, 0) is 0 Å². The van der Waals surface area contributed by atoms with E-state index in [-0.39, 0.29) is 23.8 Å². The number of halogens is 1. The van der Waals surface area contributed by atoms with Crippen LogP contribution in [0.4, 0.5) is 10.2 Å². The average molecular weight is 391 g/mol. The molecule has 1 aromatic heterocycles. The number of alkyl halides is 1. The maximum Gasteiger partial charge on any atom is 0.256 e. The van der Waals surface area contributed by atoms with Gasteiger partial charge >= 0.3 is 0 Å². The van der Waals surface area contributed by atoms with Crippen molar-refractivity contribution in [3.05, 3.63) is 51.3 Å². The minimum atomic E-state index is -0.716. The van der Waals surface area contributed by atoms with Gasteiger partial charge in [0, 0.05) is 11.6 Å². The lowest BCUT2D eigenvalue weighted by molar-refractivity contribution is 0.100. The topological polar surface area (TPSA) is 111 Å². The Labute approximate surface area is 164 Å². The third-order valence-electron chi connectivity index (χ3n) is 4.14. The highest BCUT2D eigenvalue weighted by atomic mass is 32.1. The van der Waals surface area contributed by atoms with E-state index in [9.17, 15) is 19.1 Å². The molecule has 2 radical (unpaired) electrons. The lowest BCUT2D eigenvalue weighted by atomic mass is 10.1. The lowest BCUT2D eigenvalue weighted by Crippen LogP contribution is -2.26. The maximum atomic E-state index is 12.1. The van der Waals surface area contributed by atoms with Crippen LogP contribution in [0.3, 0.4) is 0 Å². The van der Waals surface area contributed by atoms with Crippen LogP contribution in [0.25, 0.3) is 5.69 Å². The zero-order valence-corrected chi connectivity index (χ0v) is 16.2. The number of amides is 1. The summed E-state index contributed by atoms with van der Waals surface area (Å²) in [5.74, 6) is -0.245. The van der Waals surface area contributed by atoms with E-state index in [0.29, 0.717) is 17.2 Å². The maximum absolute atomic E-state index is 12.1. The molecule has 0 spiro atoms. The van der Waals surface area contributed by atoms with Crippen molar-refractivity contribution in [3.8, 4) is 11.4 Å². The molecule has 2 aromatic rings. The number of nitrogen functional groups attached to an aromatic ring is 1. The molecule has 27 heavy (non-hydrogen) atoms. The largest absolute Gasteiger partial charge is 0.508 e. The van der Waals surface area contributed by atoms with Gasteiger partial charge in [-0.2, -0.15) is 0 Å². The van der Waals surface area contributed by atoms with E-state index in [1.54, 1.807) is 19.9 Å². The zero-order valence-electron chi connectivity index (χ0n) is 15.3. The van der Waals surface area contributed by atoms with Gasteiger partial charge in [0.25, 0.3) is 11.5 Å². The number of aromatic nitrogens is 1. The molecule has 9 heteroatoms. The van der Waals surface area contributed by atoms with Gasteiger partial charge in [-0.05, 0) is 50.3 Å². The number of aromatic hydroxyl groups is 1. The van der Waals surface area contributed by atoms with Gasteiger partial charge < -0.3 is 16.6 Å². The second-order valence-electron chi connectivity index (χ2n) is 6.14. The standard InChI is InChI=1S/C14H15N3O3.C4H7F.BHS/c1-7-3-5-10(18)8(2)12(7)17-11(19)6-4-9(13(17)15)14(16)20;5-3-4-1-2-4;1-2/h3-6,18H,15H2,1-2H3,(H2,16,20);4H,1-3H2;2H. The van der Waals surface area contributed by atoms with Crippen molar-refractivity contribution in [1.29, 1.82) is 0 Å². The van der Waals surface area contributed by atoms with Crippen LogP contribution in [0.15, 0.2) is 29.1 Å². The second-order valence-corrected chi connectivity index (χ2v) is 6.14. The second kappa shape index (κ2) is 10.1. The van der Waals surface area contributed by atoms with Crippen LogP contribution in [0.1, 0.15) is 34.3 Å². The Balaban J connectivity index is 0.000000441. The highest BCUT2D eigenvalue weighted by molar-refractivity contribution is 8.03. The summed E-state index contributed by atoms with van der Waals surface area (Å²) in [6, 6.07) is 5.72. The van der Waals surface area contributed by atoms with Gasteiger partial charge in [-0.15, -0.1) is 0 Å². The fourth-order valence-electron chi connectivity index (χ4n) is 2.43. The van der Waals surface area contributed by atoms with Crippen molar-refractivity contribution in [3.63, 3.8) is 0 Å². The van der Waals surface area contributed by atoms with Gasteiger partial charge in [-0.1, -0.05) is 6.07 Å². The molecule has 1 heterocycles. The fraction of sp³-hybridized carbons (Fsp3) is 0.333. The lowest BCUT2D eigenvalue weighted by Gasteiger charge is -2.17. The van der Waals surface area contributed by atoms with Crippen molar-refractivity contribution in [2.75, 3.05) is 12.4 Å². The summed E-state index contributed by atoms with van der Waals surface area (Å²) in [6.07, 6.45) is 2.27. The van der Waals surface area contributed by atoms with Crippen molar-refractivity contribution >= 4 is 31.3 Å². The Morgan fingerprint density at radius 1 is 1.30 bits per heavy atom. The number of hydrogen-bond donors (Lipinski definition) is 4. The molecule has 1 saturated carbocycles. The van der Waals surface area contributed by atoms with E-state index < -0.39 is 11.5 Å². The first-order chi connectivity index (χ1) is 12.8. The van der Waals surface area contributed by atoms with Crippen molar-refractivity contribution < 1.29 is 14.3 Å². The Morgan fingerprint density at radius 3 is 2.33 bits per heavy atom. The summed E-state index contributed by atoms with van der Waals surface area (Å²) in [4.78, 5) is 23.4. The fourth-order valence-corrected chi connectivity index (χ4v) is 2.43. The molecule has 1 aromatic carbocycles. The normalized spacial score (nSPS) is 12.3. The third-order valence-corrected chi connectivity index (χ3v) is 4.14. The minimum Gasteiger partial charge on any atom is -0.508 e. The van der Waals surface area contributed by atoms with Crippen LogP contribution in [-0.4, -0.2) is 29.4 Å². The van der Waals surface area contributed by atoms with Crippen LogP contribution >= 0.6 is 12.5 Å². The Kier molecular flexibility index (Phi) is 8.43. The number of primary amides is 1. The van der Waals surface area contributed by atoms with Crippen LogP contribution < -0.4 is 17.0 Å². The van der Waals surface area contributed by atoms with Crippen LogP contribution in [0.2, 0.25) is 0 Å². The van der Waals surface area contributed by atoms with Gasteiger partial charge in [-0.25, -0.2) is 12.5 Å². The van der Waals surface area contributed by atoms with E-state index in [1.807, 2.05) is 0 Å². The molecular formula is C18H23BFN3O3S. The number of phenols is 1. The Hall–Kier alpha value is -2.42. The van der Waals surface area contributed by atoms with E-state index in [1.165, 1.54) is 22.8 Å². The number of phenolic OH excluding ortho intramolecular Hbond substituents is 1. The first-order valence-corrected chi connectivity index (χ1v) is 8.72. The number of carbonyl (C=O) groups is 1. The quantitative estimate of drug-likeness (QED) is 0.475. The van der Waals surface area contributed by atoms with Gasteiger partial charge in [0.05, 0.1) is 17.9 Å². The van der Waals surface area contributed by atoms with Crippen molar-refractivity contribution in [2.24, 2.45) is 11.7 Å². The zero-order chi connectivity index (χ0) is 20.7. The predicted molar refractivity (Wildman–Crippen MR) is 110 cm³/mol. The summed E-state index contributed by atoms with van der Waals surface area (Å²) >= 11 is 3.03. The molecule has 5 N–H and O–H groups in total. The van der Waals surface area contributed by atoms with E-state index in [0.717, 1.165) is 18.4 Å². The molecule has 0 saturated heterocycles. The SMILES string of the molecule is Cc1ccc(O)c(C)c1-n1c(N)c(C(N)=O)ccc1=O.FCC1CC1.[B]S. The molecule has 1 fully saturated rings. The summed E-state index contributed by atoms with van der Waals surface area (Å²) in [5.41, 5.74) is 12.5. The molecule has 1 aliphatic carbocycles. The number of anilines is 1. The number of benzene rings is 1. The number of rotatable bonds is 3. The minimum absolute atomic E-state index is 0.0400. The Bertz CT molecular complexity index is 870. The average Bonchev–Trinajstić information content (AvgIpc) is 3.47. The Morgan fingerprint density at radius 2 is 1.89 bits per heavy atom. The van der Waals surface area contributed by atoms with Gasteiger partial charge in [0.15, 0.2) is 7.12 Å². The number of nitrogens with two attached hydrogens (primary N) is 2. The van der Waals surface area contributed by atoms with E-state index >= 15 is 0 Å². The number of aryl methyl sites for hydroxylation is 1. The summed E-state index contributed by atoms with van der Waals surface area (Å²) < 4.78 is 12.4. The number of pyridine rings is 1. The van der Waals surface area contributed by atoms with E-state index in [4.69, 9.17) is 11.5 Å². The van der Waals surface area contributed by atoms with E-state index in [2.05, 4.69) is 19.6 Å². The smallest absolute Gasteiger partial charge is 0.256 e.